The third-order valence-corrected chi connectivity index (χ3v) is 4.11. The maximum atomic E-state index is 12.6. The first-order valence-electron chi connectivity index (χ1n) is 7.84. The van der Waals surface area contributed by atoms with E-state index < -0.39 is 0 Å². The van der Waals surface area contributed by atoms with Gasteiger partial charge in [-0.3, -0.25) is 4.79 Å². The van der Waals surface area contributed by atoms with E-state index in [0.717, 1.165) is 16.9 Å². The number of carbonyl (C=O) groups is 1. The minimum absolute atomic E-state index is 0.216. The number of amides is 1. The molecule has 0 bridgehead atoms. The Labute approximate surface area is 144 Å². The monoisotopic (exact) mass is 336 g/mol. The third kappa shape index (κ3) is 2.61. The molecule has 0 saturated heterocycles. The number of fused-ring (bicyclic) bond motifs is 3. The Hall–Kier alpha value is -3.28. The number of benzene rings is 2. The Morgan fingerprint density at radius 2 is 2.08 bits per heavy atom. The van der Waals surface area contributed by atoms with Crippen LogP contribution in [-0.4, -0.2) is 18.2 Å². The van der Waals surface area contributed by atoms with Crippen LogP contribution >= 0.6 is 0 Å². The van der Waals surface area contributed by atoms with Crippen molar-refractivity contribution in [3.63, 3.8) is 0 Å². The average Bonchev–Trinajstić information content (AvgIpc) is 3.07. The van der Waals surface area contributed by atoms with Crippen molar-refractivity contribution in [2.24, 2.45) is 0 Å². The lowest BCUT2D eigenvalue weighted by Gasteiger charge is -2.16. The highest BCUT2D eigenvalue weighted by atomic mass is 16.5. The summed E-state index contributed by atoms with van der Waals surface area (Å²) in [5.74, 6) is 1.51. The Kier molecular flexibility index (Phi) is 3.65. The number of hydrogen-bond acceptors (Lipinski definition) is 5. The van der Waals surface area contributed by atoms with Crippen LogP contribution in [0.15, 0.2) is 47.0 Å². The number of hydrogen-bond donors (Lipinski definition) is 1. The van der Waals surface area contributed by atoms with Gasteiger partial charge in [0.1, 0.15) is 18.1 Å². The van der Waals surface area contributed by atoms with E-state index in [1.807, 2.05) is 37.3 Å². The molecule has 0 fully saturated rings. The van der Waals surface area contributed by atoms with Gasteiger partial charge in [-0.2, -0.15) is 0 Å². The molecule has 6 heteroatoms. The molecule has 1 amide bonds. The highest BCUT2D eigenvalue weighted by Crippen LogP contribution is 2.39. The molecule has 1 aromatic heterocycles. The van der Waals surface area contributed by atoms with Crippen molar-refractivity contribution in [1.82, 2.24) is 5.16 Å². The minimum Gasteiger partial charge on any atom is -0.495 e. The number of rotatable bonds is 3. The molecule has 0 saturated carbocycles. The minimum atomic E-state index is -0.366. The maximum absolute atomic E-state index is 12.6. The van der Waals surface area contributed by atoms with Gasteiger partial charge in [-0.05, 0) is 31.2 Å². The number of methoxy groups -OCH3 is 1. The summed E-state index contributed by atoms with van der Waals surface area (Å²) in [4.78, 5) is 12.6. The molecule has 1 N–H and O–H groups in total. The van der Waals surface area contributed by atoms with Gasteiger partial charge in [-0.15, -0.1) is 0 Å². The highest BCUT2D eigenvalue weighted by molar-refractivity contribution is 6.05. The molecule has 0 radical (unpaired) electrons. The SMILES string of the molecule is COc1ccccc1NC(=O)c1noc2c1COc1ccc(C)cc1-2. The van der Waals surface area contributed by atoms with Crippen LogP contribution in [0, 0.1) is 6.92 Å². The van der Waals surface area contributed by atoms with Gasteiger partial charge in [0.25, 0.3) is 5.91 Å². The van der Waals surface area contributed by atoms with E-state index in [9.17, 15) is 4.79 Å². The molecule has 2 aromatic carbocycles. The van der Waals surface area contributed by atoms with E-state index in [-0.39, 0.29) is 18.2 Å². The lowest BCUT2D eigenvalue weighted by Crippen LogP contribution is -2.16. The van der Waals surface area contributed by atoms with Crippen LogP contribution in [0.25, 0.3) is 11.3 Å². The van der Waals surface area contributed by atoms with Gasteiger partial charge in [0, 0.05) is 0 Å². The standard InChI is InChI=1S/C19H16N2O4/c1-11-7-8-15-12(9-11)18-13(10-24-15)17(21-25-18)19(22)20-14-5-3-4-6-16(14)23-2/h3-9H,10H2,1-2H3,(H,20,22). The number of nitrogens with zero attached hydrogens (tertiary/aromatic N) is 1. The van der Waals surface area contributed by atoms with Gasteiger partial charge in [0.05, 0.1) is 23.9 Å². The molecule has 1 aliphatic rings. The summed E-state index contributed by atoms with van der Waals surface area (Å²) in [6.07, 6.45) is 0. The highest BCUT2D eigenvalue weighted by Gasteiger charge is 2.29. The summed E-state index contributed by atoms with van der Waals surface area (Å²) in [7, 11) is 1.55. The Balaban J connectivity index is 1.68. The van der Waals surface area contributed by atoms with Crippen LogP contribution in [0.2, 0.25) is 0 Å². The molecule has 25 heavy (non-hydrogen) atoms. The van der Waals surface area contributed by atoms with Gasteiger partial charge < -0.3 is 19.3 Å². The zero-order chi connectivity index (χ0) is 17.4. The average molecular weight is 336 g/mol. The van der Waals surface area contributed by atoms with Crippen LogP contribution in [0.4, 0.5) is 5.69 Å². The number of nitrogens with one attached hydrogen (secondary N) is 1. The molecule has 0 atom stereocenters. The second kappa shape index (κ2) is 5.98. The summed E-state index contributed by atoms with van der Waals surface area (Å²) >= 11 is 0. The molecule has 1 aliphatic heterocycles. The van der Waals surface area contributed by atoms with E-state index in [0.29, 0.717) is 22.8 Å². The Morgan fingerprint density at radius 3 is 2.92 bits per heavy atom. The molecule has 126 valence electrons. The largest absolute Gasteiger partial charge is 0.495 e. The fraction of sp³-hybridized carbons (Fsp3) is 0.158. The van der Waals surface area contributed by atoms with Crippen molar-refractivity contribution in [2.45, 2.75) is 13.5 Å². The number of aromatic nitrogens is 1. The van der Waals surface area contributed by atoms with Crippen LogP contribution in [-0.2, 0) is 6.61 Å². The third-order valence-electron chi connectivity index (χ3n) is 4.11. The lowest BCUT2D eigenvalue weighted by atomic mass is 10.0. The Bertz CT molecular complexity index is 962. The molecule has 0 unspecified atom stereocenters. The molecule has 3 aromatic rings. The first kappa shape index (κ1) is 15.3. The second-order valence-corrected chi connectivity index (χ2v) is 5.78. The van der Waals surface area contributed by atoms with Gasteiger partial charge >= 0.3 is 0 Å². The molecule has 2 heterocycles. The van der Waals surface area contributed by atoms with Crippen molar-refractivity contribution < 1.29 is 18.8 Å². The molecular formula is C19H16N2O4. The zero-order valence-electron chi connectivity index (χ0n) is 13.8. The van der Waals surface area contributed by atoms with E-state index in [1.54, 1.807) is 19.2 Å². The van der Waals surface area contributed by atoms with E-state index in [1.165, 1.54) is 0 Å². The summed E-state index contributed by atoms with van der Waals surface area (Å²) < 4.78 is 16.5. The number of aryl methyl sites for hydroxylation is 1. The van der Waals surface area contributed by atoms with E-state index >= 15 is 0 Å². The second-order valence-electron chi connectivity index (χ2n) is 5.78. The number of anilines is 1. The molecule has 4 rings (SSSR count). The van der Waals surface area contributed by atoms with Crippen molar-refractivity contribution in [2.75, 3.05) is 12.4 Å². The summed E-state index contributed by atoms with van der Waals surface area (Å²) in [5, 5.41) is 6.78. The summed E-state index contributed by atoms with van der Waals surface area (Å²) in [5.41, 5.74) is 3.31. The molecule has 6 nitrogen and oxygen atoms in total. The van der Waals surface area contributed by atoms with Gasteiger partial charge in [-0.1, -0.05) is 28.9 Å². The number of ether oxygens (including phenoxy) is 2. The van der Waals surface area contributed by atoms with Crippen molar-refractivity contribution in [3.8, 4) is 22.8 Å². The lowest BCUT2D eigenvalue weighted by molar-refractivity contribution is 0.101. The fourth-order valence-electron chi connectivity index (χ4n) is 2.86. The molecule has 0 spiro atoms. The summed E-state index contributed by atoms with van der Waals surface area (Å²) in [6.45, 7) is 2.23. The van der Waals surface area contributed by atoms with Crippen LogP contribution in [0.5, 0.6) is 11.5 Å². The number of para-hydroxylation sites is 2. The van der Waals surface area contributed by atoms with Crippen molar-refractivity contribution in [3.05, 3.63) is 59.3 Å². The van der Waals surface area contributed by atoms with Crippen LogP contribution < -0.4 is 14.8 Å². The first-order chi connectivity index (χ1) is 12.2. The van der Waals surface area contributed by atoms with Crippen LogP contribution in [0.3, 0.4) is 0 Å². The Morgan fingerprint density at radius 1 is 1.24 bits per heavy atom. The summed E-state index contributed by atoms with van der Waals surface area (Å²) in [6, 6.07) is 13.0. The smallest absolute Gasteiger partial charge is 0.278 e. The van der Waals surface area contributed by atoms with Crippen molar-refractivity contribution >= 4 is 11.6 Å². The maximum Gasteiger partial charge on any atom is 0.278 e. The van der Waals surface area contributed by atoms with Crippen molar-refractivity contribution in [1.29, 1.82) is 0 Å². The molecule has 0 aliphatic carbocycles. The first-order valence-corrected chi connectivity index (χ1v) is 7.84. The number of carbonyl (C=O) groups excluding carboxylic acids is 1. The molecular weight excluding hydrogens is 320 g/mol. The van der Waals surface area contributed by atoms with Gasteiger partial charge in [-0.25, -0.2) is 0 Å². The van der Waals surface area contributed by atoms with E-state index in [4.69, 9.17) is 14.0 Å². The quantitative estimate of drug-likeness (QED) is 0.787. The fourth-order valence-corrected chi connectivity index (χ4v) is 2.86. The topological polar surface area (TPSA) is 73.6 Å². The van der Waals surface area contributed by atoms with E-state index in [2.05, 4.69) is 10.5 Å². The van der Waals surface area contributed by atoms with Gasteiger partial charge in [0.2, 0.25) is 0 Å². The van der Waals surface area contributed by atoms with Gasteiger partial charge in [0.15, 0.2) is 11.5 Å². The van der Waals surface area contributed by atoms with Crippen LogP contribution in [0.1, 0.15) is 21.6 Å². The normalized spacial score (nSPS) is 11.9. The zero-order valence-corrected chi connectivity index (χ0v) is 13.8. The predicted octanol–water partition coefficient (Wildman–Crippen LogP) is 3.80. The predicted molar refractivity (Wildman–Crippen MR) is 92.0 cm³/mol.